The third-order valence-corrected chi connectivity index (χ3v) is 6.14. The predicted octanol–water partition coefficient (Wildman–Crippen LogP) is 3.97. The normalized spacial score (nSPS) is 20.1. The van der Waals surface area contributed by atoms with E-state index >= 15 is 0 Å². The molecule has 3 rings (SSSR count). The summed E-state index contributed by atoms with van der Waals surface area (Å²) >= 11 is 0. The van der Waals surface area contributed by atoms with E-state index in [4.69, 9.17) is 0 Å². The van der Waals surface area contributed by atoms with E-state index in [1.807, 2.05) is 38.1 Å². The number of rotatable bonds is 0. The van der Waals surface area contributed by atoms with Gasteiger partial charge in [0.2, 0.25) is 0 Å². The van der Waals surface area contributed by atoms with E-state index < -0.39 is 0 Å². The number of hydrogen-bond acceptors (Lipinski definition) is 7. The molecule has 3 N–H and O–H groups in total. The third kappa shape index (κ3) is 7.86. The average Bonchev–Trinajstić information content (AvgIpc) is 2.82. The van der Waals surface area contributed by atoms with Gasteiger partial charge in [0.15, 0.2) is 0 Å². The number of aliphatic imine (C=N–C) groups is 4. The van der Waals surface area contributed by atoms with Crippen LogP contribution in [0.4, 0.5) is 0 Å². The summed E-state index contributed by atoms with van der Waals surface area (Å²) in [5, 5.41) is 24.7. The first kappa shape index (κ1) is 26.3. The fraction of sp³-hybridized carbons (Fsp3) is 0.429. The molecule has 4 bridgehead atoms. The van der Waals surface area contributed by atoms with Crippen molar-refractivity contribution in [2.24, 2.45) is 31.8 Å². The minimum Gasteiger partial charge on any atom is -0.507 e. The summed E-state index contributed by atoms with van der Waals surface area (Å²) < 4.78 is 0. The molecule has 0 fully saturated rings. The second-order valence-electron chi connectivity index (χ2n) is 9.35. The van der Waals surface area contributed by atoms with Crippen molar-refractivity contribution in [2.45, 2.75) is 27.7 Å². The van der Waals surface area contributed by atoms with Gasteiger partial charge in [0, 0.05) is 73.3 Å². The highest BCUT2D eigenvalue weighted by atomic mass is 16.3. The molecule has 1 heterocycles. The van der Waals surface area contributed by atoms with E-state index in [0.29, 0.717) is 73.4 Å². The topological polar surface area (TPSA) is 102 Å². The molecule has 1 aliphatic rings. The highest BCUT2D eigenvalue weighted by Gasteiger charge is 2.12. The van der Waals surface area contributed by atoms with Gasteiger partial charge < -0.3 is 15.5 Å². The minimum atomic E-state index is 0.200. The minimum absolute atomic E-state index is 0.200. The molecule has 7 heteroatoms. The zero-order valence-corrected chi connectivity index (χ0v) is 21.2. The number of phenols is 2. The Hall–Kier alpha value is -3.32. The molecule has 2 atom stereocenters. The molecule has 186 valence electrons. The number of benzene rings is 2. The van der Waals surface area contributed by atoms with Crippen LogP contribution in [-0.2, 0) is 0 Å². The molecule has 0 saturated carbocycles. The lowest BCUT2D eigenvalue weighted by Gasteiger charge is -2.16. The maximum Gasteiger partial charge on any atom is 0.133 e. The van der Waals surface area contributed by atoms with Crippen molar-refractivity contribution in [2.75, 3.05) is 39.3 Å². The number of hydrogen-bond donors (Lipinski definition) is 3. The van der Waals surface area contributed by atoms with Crippen LogP contribution in [0.15, 0.2) is 44.2 Å². The Morgan fingerprint density at radius 1 is 0.629 bits per heavy atom. The molecular formula is C28H37N5O2. The van der Waals surface area contributed by atoms with Crippen LogP contribution in [0.2, 0.25) is 0 Å². The summed E-state index contributed by atoms with van der Waals surface area (Å²) in [6.45, 7) is 12.2. The molecule has 7 nitrogen and oxygen atoms in total. The van der Waals surface area contributed by atoms with E-state index in [2.05, 4.69) is 39.1 Å². The van der Waals surface area contributed by atoms with Gasteiger partial charge in [0.05, 0.1) is 13.1 Å². The van der Waals surface area contributed by atoms with Crippen LogP contribution in [-0.4, -0.2) is 74.3 Å². The Balaban J connectivity index is 1.82. The van der Waals surface area contributed by atoms with Crippen LogP contribution in [0.1, 0.15) is 47.2 Å². The van der Waals surface area contributed by atoms with E-state index in [0.717, 1.165) is 11.1 Å². The Morgan fingerprint density at radius 2 is 0.971 bits per heavy atom. The number of aromatic hydroxyl groups is 2. The van der Waals surface area contributed by atoms with E-state index in [-0.39, 0.29) is 11.5 Å². The predicted molar refractivity (Wildman–Crippen MR) is 147 cm³/mol. The molecule has 1 aliphatic heterocycles. The van der Waals surface area contributed by atoms with Gasteiger partial charge in [-0.3, -0.25) is 20.0 Å². The summed E-state index contributed by atoms with van der Waals surface area (Å²) in [5.74, 6) is 1.01. The second kappa shape index (κ2) is 13.0. The highest BCUT2D eigenvalue weighted by Crippen LogP contribution is 2.23. The van der Waals surface area contributed by atoms with Crippen molar-refractivity contribution in [1.82, 2.24) is 5.32 Å². The lowest BCUT2D eigenvalue weighted by Crippen LogP contribution is -2.20. The summed E-state index contributed by atoms with van der Waals surface area (Å²) in [6.07, 6.45) is 6.93. The maximum atomic E-state index is 10.7. The van der Waals surface area contributed by atoms with Crippen molar-refractivity contribution in [3.8, 4) is 11.5 Å². The molecular weight excluding hydrogens is 438 g/mol. The van der Waals surface area contributed by atoms with Crippen molar-refractivity contribution in [1.29, 1.82) is 0 Å². The smallest absolute Gasteiger partial charge is 0.133 e. The van der Waals surface area contributed by atoms with Gasteiger partial charge in [-0.25, -0.2) is 0 Å². The first-order chi connectivity index (χ1) is 16.8. The van der Waals surface area contributed by atoms with E-state index in [1.165, 1.54) is 0 Å². The van der Waals surface area contributed by atoms with Gasteiger partial charge in [0.1, 0.15) is 11.5 Å². The van der Waals surface area contributed by atoms with E-state index in [9.17, 15) is 10.2 Å². The van der Waals surface area contributed by atoms with Crippen LogP contribution < -0.4 is 5.32 Å². The largest absolute Gasteiger partial charge is 0.507 e. The van der Waals surface area contributed by atoms with Crippen molar-refractivity contribution < 1.29 is 10.2 Å². The fourth-order valence-electron chi connectivity index (χ4n) is 3.80. The van der Waals surface area contributed by atoms with Crippen LogP contribution >= 0.6 is 0 Å². The number of aryl methyl sites for hydroxylation is 2. The number of nitrogens with zero attached hydrogens (tertiary/aromatic N) is 4. The Bertz CT molecular complexity index is 1030. The Kier molecular flexibility index (Phi) is 9.73. The van der Waals surface area contributed by atoms with Crippen molar-refractivity contribution in [3.05, 3.63) is 57.6 Å². The average molecular weight is 476 g/mol. The molecule has 2 aromatic carbocycles. The number of phenolic OH excluding ortho intramolecular Hbond substituents is 2. The Morgan fingerprint density at radius 3 is 1.34 bits per heavy atom. The summed E-state index contributed by atoms with van der Waals surface area (Å²) in [7, 11) is 0. The monoisotopic (exact) mass is 475 g/mol. The van der Waals surface area contributed by atoms with Gasteiger partial charge in [-0.2, -0.15) is 0 Å². The number of fused-ring (bicyclic) bond motifs is 4. The van der Waals surface area contributed by atoms with Crippen LogP contribution in [0.5, 0.6) is 11.5 Å². The summed E-state index contributed by atoms with van der Waals surface area (Å²) in [4.78, 5) is 18.1. The number of nitrogens with one attached hydrogen (secondary N) is 1. The zero-order chi connectivity index (χ0) is 25.2. The zero-order valence-electron chi connectivity index (χ0n) is 21.2. The maximum absolute atomic E-state index is 10.7. The molecule has 0 amide bonds. The molecule has 2 aromatic rings. The standard InChI is InChI=1S/C28H37N5O2/c1-19-9-23-15-30-7-5-29-6-8-31-16-24-10-20(2)12-26(28(24)35)18-33-14-22(4)21(3)13-32-17-25(11-19)27(23)34/h9-12,15-18,21-22,29,34-35H,5-8,13-14H2,1-4H3. The van der Waals surface area contributed by atoms with Crippen molar-refractivity contribution in [3.63, 3.8) is 0 Å². The third-order valence-electron chi connectivity index (χ3n) is 6.14. The van der Waals surface area contributed by atoms with Gasteiger partial charge in [0.25, 0.3) is 0 Å². The molecule has 0 radical (unpaired) electrons. The fourth-order valence-corrected chi connectivity index (χ4v) is 3.80. The molecule has 0 aromatic heterocycles. The first-order valence-corrected chi connectivity index (χ1v) is 12.2. The first-order valence-electron chi connectivity index (χ1n) is 12.2. The molecule has 0 saturated heterocycles. The quantitative estimate of drug-likeness (QED) is 0.537. The SMILES string of the molecule is Cc1cc2c(O)c(c1)C=NCC(C)C(C)CN=Cc1cc(C)cc(c1O)C=NCCNCCN=C2. The molecule has 2 unspecified atom stereocenters. The second-order valence-corrected chi connectivity index (χ2v) is 9.35. The lowest BCUT2D eigenvalue weighted by atomic mass is 9.96. The van der Waals surface area contributed by atoms with Gasteiger partial charge in [-0.15, -0.1) is 0 Å². The van der Waals surface area contributed by atoms with Gasteiger partial charge in [-0.05, 0) is 61.1 Å². The van der Waals surface area contributed by atoms with Crippen molar-refractivity contribution >= 4 is 24.9 Å². The van der Waals surface area contributed by atoms with Crippen LogP contribution in [0.3, 0.4) is 0 Å². The summed E-state index contributed by atoms with van der Waals surface area (Å²) in [6, 6.07) is 7.71. The molecule has 0 aliphatic carbocycles. The van der Waals surface area contributed by atoms with Gasteiger partial charge >= 0.3 is 0 Å². The van der Waals surface area contributed by atoms with Gasteiger partial charge in [-0.1, -0.05) is 13.8 Å². The molecule has 35 heavy (non-hydrogen) atoms. The Labute approximate surface area is 208 Å². The lowest BCUT2D eigenvalue weighted by molar-refractivity contribution is 0.408. The summed E-state index contributed by atoms with van der Waals surface area (Å²) in [5.41, 5.74) is 4.88. The van der Waals surface area contributed by atoms with E-state index in [1.54, 1.807) is 24.9 Å². The highest BCUT2D eigenvalue weighted by molar-refractivity contribution is 5.93. The van der Waals surface area contributed by atoms with Crippen LogP contribution in [0, 0.1) is 25.7 Å². The van der Waals surface area contributed by atoms with Crippen LogP contribution in [0.25, 0.3) is 0 Å². The molecule has 0 spiro atoms.